The van der Waals surface area contributed by atoms with E-state index in [1.807, 2.05) is 36.7 Å². The molecule has 1 atom stereocenters. The quantitative estimate of drug-likeness (QED) is 0.846. The van der Waals surface area contributed by atoms with Gasteiger partial charge in [0.05, 0.1) is 0 Å². The first kappa shape index (κ1) is 12.4. The molecule has 2 aromatic rings. The number of nitrogens with zero attached hydrogens (tertiary/aromatic N) is 2. The van der Waals surface area contributed by atoms with Crippen molar-refractivity contribution in [3.63, 3.8) is 0 Å². The van der Waals surface area contributed by atoms with Gasteiger partial charge >= 0.3 is 0 Å². The molecule has 0 bridgehead atoms. The van der Waals surface area contributed by atoms with Gasteiger partial charge in [-0.3, -0.25) is 4.98 Å². The molecule has 0 saturated heterocycles. The second-order valence-electron chi connectivity index (χ2n) is 4.11. The Hall–Kier alpha value is -2.10. The zero-order valence-corrected chi connectivity index (χ0v) is 10.7. The van der Waals surface area contributed by atoms with Crippen molar-refractivity contribution in [2.24, 2.45) is 0 Å². The predicted molar refractivity (Wildman–Crippen MR) is 74.7 cm³/mol. The van der Waals surface area contributed by atoms with Gasteiger partial charge in [0.1, 0.15) is 5.82 Å². The Morgan fingerprint density at radius 3 is 2.67 bits per heavy atom. The van der Waals surface area contributed by atoms with Crippen LogP contribution in [-0.4, -0.2) is 16.5 Å². The van der Waals surface area contributed by atoms with Gasteiger partial charge in [0, 0.05) is 42.9 Å². The van der Waals surface area contributed by atoms with Crippen LogP contribution < -0.4 is 10.6 Å². The molecule has 1 unspecified atom stereocenters. The van der Waals surface area contributed by atoms with Gasteiger partial charge in [-0.2, -0.15) is 0 Å². The van der Waals surface area contributed by atoms with E-state index in [0.29, 0.717) is 0 Å². The molecule has 2 heterocycles. The van der Waals surface area contributed by atoms with Crippen LogP contribution in [0.25, 0.3) is 0 Å². The Kier molecular flexibility index (Phi) is 4.12. The average Bonchev–Trinajstić information content (AvgIpc) is 2.40. The molecule has 0 aliphatic carbocycles. The highest BCUT2D eigenvalue weighted by Crippen LogP contribution is 2.19. The summed E-state index contributed by atoms with van der Waals surface area (Å²) in [5, 5.41) is 6.65. The van der Waals surface area contributed by atoms with Crippen LogP contribution in [0.2, 0.25) is 0 Å². The van der Waals surface area contributed by atoms with Gasteiger partial charge in [0.2, 0.25) is 0 Å². The summed E-state index contributed by atoms with van der Waals surface area (Å²) < 4.78 is 0. The van der Waals surface area contributed by atoms with E-state index in [4.69, 9.17) is 0 Å². The van der Waals surface area contributed by atoms with Crippen molar-refractivity contribution in [1.29, 1.82) is 0 Å². The number of hydrogen-bond donors (Lipinski definition) is 2. The fraction of sp³-hybridized carbons (Fsp3) is 0.286. The molecule has 0 spiro atoms. The van der Waals surface area contributed by atoms with Crippen LogP contribution in [0, 0.1) is 0 Å². The van der Waals surface area contributed by atoms with E-state index >= 15 is 0 Å². The molecule has 2 rings (SSSR count). The lowest BCUT2D eigenvalue weighted by molar-refractivity contribution is 0.880. The van der Waals surface area contributed by atoms with Crippen LogP contribution in [0.4, 0.5) is 11.5 Å². The summed E-state index contributed by atoms with van der Waals surface area (Å²) in [5.41, 5.74) is 2.28. The molecule has 0 radical (unpaired) electrons. The minimum atomic E-state index is 0.241. The summed E-state index contributed by atoms with van der Waals surface area (Å²) in [4.78, 5) is 8.27. The summed E-state index contributed by atoms with van der Waals surface area (Å²) in [6.45, 7) is 5.06. The van der Waals surface area contributed by atoms with Crippen molar-refractivity contribution in [2.75, 3.05) is 17.2 Å². The zero-order valence-electron chi connectivity index (χ0n) is 10.7. The van der Waals surface area contributed by atoms with Crippen molar-refractivity contribution in [1.82, 2.24) is 9.97 Å². The van der Waals surface area contributed by atoms with Crippen molar-refractivity contribution in [3.05, 3.63) is 48.4 Å². The molecule has 18 heavy (non-hydrogen) atoms. The largest absolute Gasteiger partial charge is 0.378 e. The fourth-order valence-electron chi connectivity index (χ4n) is 1.78. The van der Waals surface area contributed by atoms with Gasteiger partial charge in [-0.15, -0.1) is 0 Å². The maximum Gasteiger partial charge on any atom is 0.127 e. The van der Waals surface area contributed by atoms with Crippen LogP contribution in [0.1, 0.15) is 25.5 Å². The van der Waals surface area contributed by atoms with Crippen LogP contribution in [-0.2, 0) is 0 Å². The number of rotatable bonds is 5. The van der Waals surface area contributed by atoms with Gasteiger partial charge < -0.3 is 10.6 Å². The average molecular weight is 242 g/mol. The first-order valence-electron chi connectivity index (χ1n) is 6.16. The topological polar surface area (TPSA) is 49.8 Å². The molecule has 2 N–H and O–H groups in total. The van der Waals surface area contributed by atoms with E-state index in [0.717, 1.165) is 18.1 Å². The Balaban J connectivity index is 2.07. The number of nitrogens with one attached hydrogen (secondary N) is 2. The van der Waals surface area contributed by atoms with Crippen molar-refractivity contribution >= 4 is 11.5 Å². The van der Waals surface area contributed by atoms with Gasteiger partial charge in [-0.1, -0.05) is 0 Å². The maximum absolute atomic E-state index is 4.25. The predicted octanol–water partition coefficient (Wildman–Crippen LogP) is 3.08. The number of hydrogen-bond acceptors (Lipinski definition) is 4. The Morgan fingerprint density at radius 1 is 1.17 bits per heavy atom. The second-order valence-corrected chi connectivity index (χ2v) is 4.11. The number of aromatic nitrogens is 2. The normalized spacial score (nSPS) is 11.9. The Bertz CT molecular complexity index is 484. The molecule has 0 fully saturated rings. The first-order chi connectivity index (χ1) is 8.79. The van der Waals surface area contributed by atoms with Crippen LogP contribution in [0.3, 0.4) is 0 Å². The minimum Gasteiger partial charge on any atom is -0.378 e. The third-order valence-corrected chi connectivity index (χ3v) is 2.71. The Morgan fingerprint density at radius 2 is 1.94 bits per heavy atom. The van der Waals surface area contributed by atoms with Crippen molar-refractivity contribution in [2.45, 2.75) is 19.9 Å². The lowest BCUT2D eigenvalue weighted by Crippen LogP contribution is -2.07. The van der Waals surface area contributed by atoms with Crippen LogP contribution >= 0.6 is 0 Å². The van der Waals surface area contributed by atoms with Crippen LogP contribution in [0.5, 0.6) is 0 Å². The lowest BCUT2D eigenvalue weighted by Gasteiger charge is -2.16. The number of pyridine rings is 2. The van der Waals surface area contributed by atoms with E-state index in [1.165, 1.54) is 5.56 Å². The summed E-state index contributed by atoms with van der Waals surface area (Å²) in [5.74, 6) is 0.893. The molecular weight excluding hydrogens is 224 g/mol. The Labute approximate surface area is 107 Å². The van der Waals surface area contributed by atoms with E-state index in [2.05, 4.69) is 34.4 Å². The summed E-state index contributed by atoms with van der Waals surface area (Å²) in [7, 11) is 0. The van der Waals surface area contributed by atoms with E-state index < -0.39 is 0 Å². The van der Waals surface area contributed by atoms with E-state index in [-0.39, 0.29) is 6.04 Å². The third kappa shape index (κ3) is 3.20. The summed E-state index contributed by atoms with van der Waals surface area (Å²) in [6, 6.07) is 8.26. The van der Waals surface area contributed by atoms with Gasteiger partial charge in [-0.25, -0.2) is 4.98 Å². The molecule has 4 heteroatoms. The van der Waals surface area contributed by atoms with Crippen molar-refractivity contribution < 1.29 is 0 Å². The van der Waals surface area contributed by atoms with E-state index in [9.17, 15) is 0 Å². The second kappa shape index (κ2) is 6.00. The molecule has 0 amide bonds. The zero-order chi connectivity index (χ0) is 12.8. The molecule has 0 saturated carbocycles. The molecule has 0 aliphatic rings. The molecule has 0 aromatic carbocycles. The highest BCUT2D eigenvalue weighted by molar-refractivity contribution is 5.52. The molecular formula is C14H18N4. The van der Waals surface area contributed by atoms with Crippen LogP contribution in [0.15, 0.2) is 42.9 Å². The van der Waals surface area contributed by atoms with Crippen molar-refractivity contribution in [3.8, 4) is 0 Å². The highest BCUT2D eigenvalue weighted by atomic mass is 15.0. The first-order valence-corrected chi connectivity index (χ1v) is 6.16. The summed E-state index contributed by atoms with van der Waals surface area (Å²) >= 11 is 0. The third-order valence-electron chi connectivity index (χ3n) is 2.71. The maximum atomic E-state index is 4.25. The van der Waals surface area contributed by atoms with Gasteiger partial charge in [0.25, 0.3) is 0 Å². The smallest absolute Gasteiger partial charge is 0.127 e. The standard InChI is InChI=1S/C14H18N4/c1-3-16-14-10-13(6-9-17-14)18-11(2)12-4-7-15-8-5-12/h4-11H,3H2,1-2H3,(H2,16,17,18). The fourth-order valence-corrected chi connectivity index (χ4v) is 1.78. The number of anilines is 2. The lowest BCUT2D eigenvalue weighted by atomic mass is 10.1. The van der Waals surface area contributed by atoms with E-state index in [1.54, 1.807) is 6.20 Å². The molecule has 4 nitrogen and oxygen atoms in total. The van der Waals surface area contributed by atoms with Gasteiger partial charge in [-0.05, 0) is 37.6 Å². The minimum absolute atomic E-state index is 0.241. The monoisotopic (exact) mass is 242 g/mol. The SMILES string of the molecule is CCNc1cc(NC(C)c2ccncc2)ccn1. The molecule has 2 aromatic heterocycles. The highest BCUT2D eigenvalue weighted by Gasteiger charge is 2.05. The summed E-state index contributed by atoms with van der Waals surface area (Å²) in [6.07, 6.45) is 5.42. The molecule has 94 valence electrons. The molecule has 0 aliphatic heterocycles. The van der Waals surface area contributed by atoms with Gasteiger partial charge in [0.15, 0.2) is 0 Å².